The predicted octanol–water partition coefficient (Wildman–Crippen LogP) is 4.56. The largest absolute Gasteiger partial charge is 0.486 e. The molecule has 0 heterocycles. The summed E-state index contributed by atoms with van der Waals surface area (Å²) in [7, 11) is 1.38. The van der Waals surface area contributed by atoms with Gasteiger partial charge in [0.05, 0.1) is 19.4 Å². The molecule has 2 aromatic rings. The van der Waals surface area contributed by atoms with E-state index in [2.05, 4.69) is 11.8 Å². The monoisotopic (exact) mass is 352 g/mol. The summed E-state index contributed by atoms with van der Waals surface area (Å²) < 4.78 is 24.2. The lowest BCUT2D eigenvalue weighted by Gasteiger charge is -2.16. The van der Waals surface area contributed by atoms with E-state index in [0.29, 0.717) is 0 Å². The van der Waals surface area contributed by atoms with Crippen LogP contribution < -0.4 is 4.74 Å². The summed E-state index contributed by atoms with van der Waals surface area (Å²) in [5.41, 5.74) is 3.02. The van der Waals surface area contributed by atoms with Crippen LogP contribution in [0.1, 0.15) is 48.5 Å². The highest BCUT2D eigenvalue weighted by Gasteiger charge is 2.24. The van der Waals surface area contributed by atoms with Gasteiger partial charge in [-0.2, -0.15) is 0 Å². The minimum Gasteiger partial charge on any atom is -0.486 e. The van der Waals surface area contributed by atoms with Gasteiger partial charge in [-0.05, 0) is 60.7 Å². The average molecular weight is 352 g/mol. The van der Waals surface area contributed by atoms with Crippen LogP contribution in [0.25, 0.3) is 0 Å². The first kappa shape index (κ1) is 18.0. The third-order valence-corrected chi connectivity index (χ3v) is 4.61. The van der Waals surface area contributed by atoms with E-state index >= 15 is 0 Å². The molecular weight excluding hydrogens is 331 g/mol. The van der Waals surface area contributed by atoms with Gasteiger partial charge < -0.3 is 9.47 Å². The molecule has 0 fully saturated rings. The Balaban J connectivity index is 1.72. The fraction of sp³-hybridized carbons (Fsp3) is 0.318. The molecule has 0 spiro atoms. The number of aryl methyl sites for hydroxylation is 1. The van der Waals surface area contributed by atoms with Crippen molar-refractivity contribution in [1.82, 2.24) is 0 Å². The SMILES string of the molecule is CC#CC(CC(=O)OC)c1ccc(OC2CCc3cc(F)ccc32)cc1. The van der Waals surface area contributed by atoms with Gasteiger partial charge in [-0.3, -0.25) is 4.79 Å². The molecule has 2 unspecified atom stereocenters. The Morgan fingerprint density at radius 3 is 2.73 bits per heavy atom. The van der Waals surface area contributed by atoms with E-state index in [1.54, 1.807) is 19.1 Å². The topological polar surface area (TPSA) is 35.5 Å². The summed E-state index contributed by atoms with van der Waals surface area (Å²) in [6.07, 6.45) is 1.83. The number of carbonyl (C=O) groups is 1. The minimum atomic E-state index is -0.284. The molecule has 1 aliphatic rings. The molecule has 0 bridgehead atoms. The molecule has 0 radical (unpaired) electrons. The van der Waals surface area contributed by atoms with Crippen LogP contribution in [0.3, 0.4) is 0 Å². The molecule has 3 rings (SSSR count). The summed E-state index contributed by atoms with van der Waals surface area (Å²) in [5.74, 6) is 5.97. The van der Waals surface area contributed by atoms with Crippen molar-refractivity contribution >= 4 is 5.97 Å². The number of hydrogen-bond acceptors (Lipinski definition) is 3. The van der Waals surface area contributed by atoms with E-state index in [1.165, 1.54) is 13.2 Å². The average Bonchev–Trinajstić information content (AvgIpc) is 3.03. The zero-order valence-corrected chi connectivity index (χ0v) is 14.9. The second-order valence-electron chi connectivity index (χ2n) is 6.28. The van der Waals surface area contributed by atoms with Crippen LogP contribution >= 0.6 is 0 Å². The molecule has 2 atom stereocenters. The van der Waals surface area contributed by atoms with Gasteiger partial charge in [0.25, 0.3) is 0 Å². The second-order valence-corrected chi connectivity index (χ2v) is 6.28. The van der Waals surface area contributed by atoms with Crippen LogP contribution in [0.15, 0.2) is 42.5 Å². The molecular formula is C22H21FO3. The van der Waals surface area contributed by atoms with Gasteiger partial charge in [0.2, 0.25) is 0 Å². The summed E-state index contributed by atoms with van der Waals surface area (Å²) >= 11 is 0. The first-order chi connectivity index (χ1) is 12.6. The lowest BCUT2D eigenvalue weighted by molar-refractivity contribution is -0.140. The van der Waals surface area contributed by atoms with E-state index < -0.39 is 0 Å². The number of carbonyl (C=O) groups excluding carboxylic acids is 1. The van der Waals surface area contributed by atoms with Crippen molar-refractivity contribution < 1.29 is 18.7 Å². The standard InChI is InChI=1S/C22H21FO3/c1-3-4-16(14-22(24)25-2)15-5-9-19(10-6-15)26-21-12-7-17-13-18(23)8-11-20(17)21/h5-6,8-11,13,16,21H,7,12,14H2,1-2H3. The third-order valence-electron chi connectivity index (χ3n) is 4.61. The Hall–Kier alpha value is -2.80. The number of rotatable bonds is 5. The van der Waals surface area contributed by atoms with Crippen LogP contribution in [-0.2, 0) is 16.0 Å². The lowest BCUT2D eigenvalue weighted by atomic mass is 9.96. The zero-order valence-electron chi connectivity index (χ0n) is 14.9. The Morgan fingerprint density at radius 2 is 2.04 bits per heavy atom. The summed E-state index contributed by atoms with van der Waals surface area (Å²) in [4.78, 5) is 11.6. The number of halogens is 1. The molecule has 26 heavy (non-hydrogen) atoms. The number of fused-ring (bicyclic) bond motifs is 1. The Kier molecular flexibility index (Phi) is 5.58. The van der Waals surface area contributed by atoms with Crippen molar-refractivity contribution in [2.45, 2.75) is 38.2 Å². The molecule has 3 nitrogen and oxygen atoms in total. The van der Waals surface area contributed by atoms with Crippen LogP contribution in [0.5, 0.6) is 5.75 Å². The Labute approximate surface area is 153 Å². The third kappa shape index (κ3) is 4.05. The molecule has 0 N–H and O–H groups in total. The maximum atomic E-state index is 13.3. The molecule has 2 aromatic carbocycles. The van der Waals surface area contributed by atoms with Gasteiger partial charge in [-0.25, -0.2) is 4.39 Å². The first-order valence-electron chi connectivity index (χ1n) is 8.64. The molecule has 0 aliphatic heterocycles. The molecule has 134 valence electrons. The lowest BCUT2D eigenvalue weighted by Crippen LogP contribution is -2.08. The highest BCUT2D eigenvalue weighted by molar-refractivity contribution is 5.71. The fourth-order valence-corrected chi connectivity index (χ4v) is 3.29. The molecule has 1 aliphatic carbocycles. The molecule has 0 amide bonds. The minimum absolute atomic E-state index is 0.0576. The molecule has 0 saturated heterocycles. The number of methoxy groups -OCH3 is 1. The van der Waals surface area contributed by atoms with Crippen LogP contribution in [0, 0.1) is 17.7 Å². The van der Waals surface area contributed by atoms with Crippen molar-refractivity contribution in [1.29, 1.82) is 0 Å². The highest BCUT2D eigenvalue weighted by atomic mass is 19.1. The van der Waals surface area contributed by atoms with Crippen LogP contribution in [0.2, 0.25) is 0 Å². The number of hydrogen-bond donors (Lipinski definition) is 0. The number of benzene rings is 2. The number of ether oxygens (including phenoxy) is 2. The highest BCUT2D eigenvalue weighted by Crippen LogP contribution is 2.35. The summed E-state index contributed by atoms with van der Waals surface area (Å²) in [5, 5.41) is 0. The Morgan fingerprint density at radius 1 is 1.27 bits per heavy atom. The van der Waals surface area contributed by atoms with Gasteiger partial charge >= 0.3 is 5.97 Å². The summed E-state index contributed by atoms with van der Waals surface area (Å²) in [6, 6.07) is 12.5. The zero-order chi connectivity index (χ0) is 18.5. The normalized spacial score (nSPS) is 16.2. The van der Waals surface area contributed by atoms with Gasteiger partial charge in [0, 0.05) is 0 Å². The van der Waals surface area contributed by atoms with Gasteiger partial charge in [0.1, 0.15) is 17.7 Å². The van der Waals surface area contributed by atoms with Gasteiger partial charge in [0.15, 0.2) is 0 Å². The number of esters is 1. The summed E-state index contributed by atoms with van der Waals surface area (Å²) in [6.45, 7) is 1.75. The smallest absolute Gasteiger partial charge is 0.307 e. The predicted molar refractivity (Wildman–Crippen MR) is 97.4 cm³/mol. The van der Waals surface area contributed by atoms with Crippen LogP contribution in [0.4, 0.5) is 4.39 Å². The van der Waals surface area contributed by atoms with Crippen LogP contribution in [-0.4, -0.2) is 13.1 Å². The maximum absolute atomic E-state index is 13.3. The quantitative estimate of drug-likeness (QED) is 0.584. The second kappa shape index (κ2) is 8.05. The first-order valence-corrected chi connectivity index (χ1v) is 8.64. The van der Waals surface area contributed by atoms with E-state index in [0.717, 1.165) is 35.3 Å². The van der Waals surface area contributed by atoms with Crippen molar-refractivity contribution in [2.24, 2.45) is 0 Å². The maximum Gasteiger partial charge on any atom is 0.307 e. The van der Waals surface area contributed by atoms with Gasteiger partial charge in [-0.1, -0.05) is 24.1 Å². The fourth-order valence-electron chi connectivity index (χ4n) is 3.29. The van der Waals surface area contributed by atoms with E-state index in [-0.39, 0.29) is 30.2 Å². The van der Waals surface area contributed by atoms with E-state index in [4.69, 9.17) is 9.47 Å². The van der Waals surface area contributed by atoms with Crippen molar-refractivity contribution in [3.05, 3.63) is 65.0 Å². The van der Waals surface area contributed by atoms with Gasteiger partial charge in [-0.15, -0.1) is 5.92 Å². The van der Waals surface area contributed by atoms with E-state index in [1.807, 2.05) is 24.3 Å². The van der Waals surface area contributed by atoms with Crippen molar-refractivity contribution in [2.75, 3.05) is 7.11 Å². The molecule has 0 saturated carbocycles. The molecule has 0 aromatic heterocycles. The van der Waals surface area contributed by atoms with Crippen molar-refractivity contribution in [3.8, 4) is 17.6 Å². The van der Waals surface area contributed by atoms with Crippen molar-refractivity contribution in [3.63, 3.8) is 0 Å². The molecule has 4 heteroatoms. The Bertz CT molecular complexity index is 846. The van der Waals surface area contributed by atoms with E-state index in [9.17, 15) is 9.18 Å².